The fraction of sp³-hybridized carbons (Fsp3) is 0.385. The quantitative estimate of drug-likeness (QED) is 0.863. The van der Waals surface area contributed by atoms with Crippen molar-refractivity contribution in [2.45, 2.75) is 20.4 Å². The van der Waals surface area contributed by atoms with E-state index in [0.717, 1.165) is 0 Å². The van der Waals surface area contributed by atoms with Gasteiger partial charge in [-0.05, 0) is 32.0 Å². The number of rotatable bonds is 4. The Morgan fingerprint density at radius 3 is 2.53 bits per heavy atom. The molecule has 0 unspecified atom stereocenters. The minimum atomic E-state index is -1.53. The van der Waals surface area contributed by atoms with E-state index in [0.29, 0.717) is 10.0 Å². The molecule has 104 valence electrons. The average Bonchev–Trinajstić information content (AvgIpc) is 2.32. The van der Waals surface area contributed by atoms with Gasteiger partial charge in [0, 0.05) is 23.6 Å². The van der Waals surface area contributed by atoms with Crippen LogP contribution in [0.25, 0.3) is 0 Å². The molecule has 0 heterocycles. The predicted molar refractivity (Wildman–Crippen MR) is 72.0 cm³/mol. The number of carbonyl (C=O) groups excluding carboxylic acids is 1. The summed E-state index contributed by atoms with van der Waals surface area (Å²) in [5.74, 6) is -2.21. The Morgan fingerprint density at radius 1 is 1.42 bits per heavy atom. The maximum Gasteiger partial charge on any atom is 0.318 e. The van der Waals surface area contributed by atoms with E-state index in [1.807, 2.05) is 0 Å². The first-order chi connectivity index (χ1) is 8.66. The van der Waals surface area contributed by atoms with Gasteiger partial charge >= 0.3 is 5.97 Å². The standard InChI is InChI=1S/C13H15BrFNO3/c1-13(2,12(18)19)11(17)16(3)7-8-6-9(14)4-5-10(8)15/h4-6H,7H2,1-3H3,(H,18,19). The molecule has 1 aromatic carbocycles. The van der Waals surface area contributed by atoms with Gasteiger partial charge in [-0.1, -0.05) is 15.9 Å². The second kappa shape index (κ2) is 5.69. The molecule has 6 heteroatoms. The van der Waals surface area contributed by atoms with Gasteiger partial charge in [0.05, 0.1) is 0 Å². The van der Waals surface area contributed by atoms with Gasteiger partial charge in [-0.25, -0.2) is 4.39 Å². The maximum atomic E-state index is 13.6. The molecule has 0 bridgehead atoms. The summed E-state index contributed by atoms with van der Waals surface area (Å²) in [6.45, 7) is 2.66. The molecule has 4 nitrogen and oxygen atoms in total. The molecule has 1 amide bonds. The molecule has 0 aliphatic carbocycles. The van der Waals surface area contributed by atoms with Crippen molar-refractivity contribution in [1.82, 2.24) is 4.90 Å². The number of hydrogen-bond acceptors (Lipinski definition) is 2. The van der Waals surface area contributed by atoms with Crippen LogP contribution in [0.1, 0.15) is 19.4 Å². The van der Waals surface area contributed by atoms with Gasteiger partial charge in [0.1, 0.15) is 11.2 Å². The van der Waals surface area contributed by atoms with Crippen molar-refractivity contribution < 1.29 is 19.1 Å². The SMILES string of the molecule is CN(Cc1cc(Br)ccc1F)C(=O)C(C)(C)C(=O)O. The van der Waals surface area contributed by atoms with Gasteiger partial charge in [0.2, 0.25) is 5.91 Å². The van der Waals surface area contributed by atoms with Crippen molar-refractivity contribution in [2.75, 3.05) is 7.05 Å². The zero-order valence-electron chi connectivity index (χ0n) is 10.9. The maximum absolute atomic E-state index is 13.6. The van der Waals surface area contributed by atoms with Crippen LogP contribution in [0.5, 0.6) is 0 Å². The Hall–Kier alpha value is -1.43. The third kappa shape index (κ3) is 3.53. The normalized spacial score (nSPS) is 11.2. The Kier molecular flexibility index (Phi) is 4.68. The third-order valence-electron chi connectivity index (χ3n) is 2.83. The van der Waals surface area contributed by atoms with Gasteiger partial charge in [-0.2, -0.15) is 0 Å². The molecule has 0 aromatic heterocycles. The van der Waals surface area contributed by atoms with E-state index in [1.165, 1.54) is 31.9 Å². The number of carboxylic acid groups (broad SMARTS) is 1. The van der Waals surface area contributed by atoms with Gasteiger partial charge in [0.25, 0.3) is 0 Å². The lowest BCUT2D eigenvalue weighted by Gasteiger charge is -2.26. The van der Waals surface area contributed by atoms with Crippen LogP contribution in [0.2, 0.25) is 0 Å². The van der Waals surface area contributed by atoms with Gasteiger partial charge in [0.15, 0.2) is 0 Å². The third-order valence-corrected chi connectivity index (χ3v) is 3.32. The summed E-state index contributed by atoms with van der Waals surface area (Å²) < 4.78 is 14.3. The number of aliphatic carboxylic acids is 1. The lowest BCUT2D eigenvalue weighted by atomic mass is 9.92. The van der Waals surface area contributed by atoms with Crippen LogP contribution in [0.4, 0.5) is 4.39 Å². The van der Waals surface area contributed by atoms with Crippen molar-refractivity contribution >= 4 is 27.8 Å². The largest absolute Gasteiger partial charge is 0.480 e. The number of amides is 1. The highest BCUT2D eigenvalue weighted by Gasteiger charge is 2.38. The minimum Gasteiger partial charge on any atom is -0.480 e. The second-order valence-electron chi connectivity index (χ2n) is 4.83. The lowest BCUT2D eigenvalue weighted by Crippen LogP contribution is -2.43. The van der Waals surface area contributed by atoms with Crippen LogP contribution in [0.15, 0.2) is 22.7 Å². The number of hydrogen-bond donors (Lipinski definition) is 1. The zero-order chi connectivity index (χ0) is 14.8. The first-order valence-electron chi connectivity index (χ1n) is 5.59. The summed E-state index contributed by atoms with van der Waals surface area (Å²) in [6, 6.07) is 4.41. The fourth-order valence-corrected chi connectivity index (χ4v) is 1.97. The summed E-state index contributed by atoms with van der Waals surface area (Å²) in [7, 11) is 1.45. The predicted octanol–water partition coefficient (Wildman–Crippen LogP) is 2.66. The molecule has 0 saturated heterocycles. The van der Waals surface area contributed by atoms with E-state index in [2.05, 4.69) is 15.9 Å². The van der Waals surface area contributed by atoms with Crippen LogP contribution in [-0.2, 0) is 16.1 Å². The van der Waals surface area contributed by atoms with Crippen LogP contribution in [-0.4, -0.2) is 28.9 Å². The first kappa shape index (κ1) is 15.6. The lowest BCUT2D eigenvalue weighted by molar-refractivity contribution is -0.157. The monoisotopic (exact) mass is 331 g/mol. The highest BCUT2D eigenvalue weighted by atomic mass is 79.9. The number of carbonyl (C=O) groups is 2. The summed E-state index contributed by atoms with van der Waals surface area (Å²) in [6.07, 6.45) is 0. The molecule has 1 N–H and O–H groups in total. The van der Waals surface area contributed by atoms with E-state index in [4.69, 9.17) is 5.11 Å². The van der Waals surface area contributed by atoms with Crippen LogP contribution in [0, 0.1) is 11.2 Å². The molecule has 0 saturated carbocycles. The number of halogens is 2. The summed E-state index contributed by atoms with van der Waals surface area (Å²) >= 11 is 3.22. The number of nitrogens with zero attached hydrogens (tertiary/aromatic N) is 1. The molecular weight excluding hydrogens is 317 g/mol. The van der Waals surface area contributed by atoms with E-state index in [9.17, 15) is 14.0 Å². The van der Waals surface area contributed by atoms with E-state index >= 15 is 0 Å². The van der Waals surface area contributed by atoms with Crippen LogP contribution < -0.4 is 0 Å². The Morgan fingerprint density at radius 2 is 2.00 bits per heavy atom. The molecule has 0 fully saturated rings. The Labute approximate surface area is 119 Å². The number of benzene rings is 1. The van der Waals surface area contributed by atoms with E-state index in [-0.39, 0.29) is 6.54 Å². The average molecular weight is 332 g/mol. The van der Waals surface area contributed by atoms with Gasteiger partial charge < -0.3 is 10.0 Å². The van der Waals surface area contributed by atoms with Gasteiger partial charge in [-0.3, -0.25) is 9.59 Å². The zero-order valence-corrected chi connectivity index (χ0v) is 12.5. The first-order valence-corrected chi connectivity index (χ1v) is 6.38. The highest BCUT2D eigenvalue weighted by molar-refractivity contribution is 9.10. The Bertz CT molecular complexity index is 517. The van der Waals surface area contributed by atoms with Gasteiger partial charge in [-0.15, -0.1) is 0 Å². The molecule has 1 rings (SSSR count). The van der Waals surface area contributed by atoms with Crippen molar-refractivity contribution in [3.8, 4) is 0 Å². The molecule has 0 atom stereocenters. The topological polar surface area (TPSA) is 57.6 Å². The number of carboxylic acids is 1. The molecule has 0 radical (unpaired) electrons. The van der Waals surface area contributed by atoms with E-state index in [1.54, 1.807) is 12.1 Å². The molecule has 1 aromatic rings. The minimum absolute atomic E-state index is 0.0147. The summed E-state index contributed by atoms with van der Waals surface area (Å²) in [5.41, 5.74) is -1.21. The molecule has 0 aliphatic heterocycles. The summed E-state index contributed by atoms with van der Waals surface area (Å²) in [5, 5.41) is 9.00. The second-order valence-corrected chi connectivity index (χ2v) is 5.74. The smallest absolute Gasteiger partial charge is 0.318 e. The van der Waals surface area contributed by atoms with E-state index < -0.39 is 23.1 Å². The van der Waals surface area contributed by atoms with Crippen LogP contribution >= 0.6 is 15.9 Å². The van der Waals surface area contributed by atoms with Crippen molar-refractivity contribution in [3.05, 3.63) is 34.1 Å². The van der Waals surface area contributed by atoms with Crippen molar-refractivity contribution in [1.29, 1.82) is 0 Å². The molecule has 0 spiro atoms. The van der Waals surface area contributed by atoms with Crippen molar-refractivity contribution in [2.24, 2.45) is 5.41 Å². The summed E-state index contributed by atoms with van der Waals surface area (Å²) in [4.78, 5) is 24.2. The van der Waals surface area contributed by atoms with Crippen molar-refractivity contribution in [3.63, 3.8) is 0 Å². The molecular formula is C13H15BrFNO3. The fourth-order valence-electron chi connectivity index (χ4n) is 1.56. The Balaban J connectivity index is 2.91. The molecule has 19 heavy (non-hydrogen) atoms. The van der Waals surface area contributed by atoms with Crippen LogP contribution in [0.3, 0.4) is 0 Å². The molecule has 0 aliphatic rings. The highest BCUT2D eigenvalue weighted by Crippen LogP contribution is 2.22.